The first-order chi connectivity index (χ1) is 9.73. The average molecular weight is 295 g/mol. The van der Waals surface area contributed by atoms with E-state index in [1.54, 1.807) is 26.8 Å². The smallest absolute Gasteiger partial charge is 0.407 e. The van der Waals surface area contributed by atoms with Crippen molar-refractivity contribution in [3.63, 3.8) is 0 Å². The minimum Gasteiger partial charge on any atom is -0.496 e. The lowest BCUT2D eigenvalue weighted by molar-refractivity contribution is 0.0527. The number of benzene rings is 1. The molecule has 0 aliphatic heterocycles. The fourth-order valence-electron chi connectivity index (χ4n) is 1.72. The summed E-state index contributed by atoms with van der Waals surface area (Å²) in [7, 11) is 1.51. The van der Waals surface area contributed by atoms with E-state index in [1.165, 1.54) is 19.2 Å². The highest BCUT2D eigenvalue weighted by Gasteiger charge is 2.16. The highest BCUT2D eigenvalue weighted by atomic mass is 16.6. The van der Waals surface area contributed by atoms with Gasteiger partial charge in [-0.3, -0.25) is 0 Å². The Hall–Kier alpha value is -2.24. The SMILES string of the molecule is COc1ccc(C(=O)O)cc1CCNC(=O)OC(C)(C)C. The number of carbonyl (C=O) groups is 2. The molecule has 116 valence electrons. The predicted molar refractivity (Wildman–Crippen MR) is 77.9 cm³/mol. The van der Waals surface area contributed by atoms with Crippen molar-refractivity contribution in [2.24, 2.45) is 0 Å². The second kappa shape index (κ2) is 6.97. The van der Waals surface area contributed by atoms with Gasteiger partial charge in [0, 0.05) is 6.54 Å². The summed E-state index contributed by atoms with van der Waals surface area (Å²) in [6.45, 7) is 5.68. The van der Waals surface area contributed by atoms with Gasteiger partial charge < -0.3 is 19.9 Å². The molecule has 0 aliphatic rings. The number of carbonyl (C=O) groups excluding carboxylic acids is 1. The largest absolute Gasteiger partial charge is 0.496 e. The molecule has 2 N–H and O–H groups in total. The molecule has 0 fully saturated rings. The van der Waals surface area contributed by atoms with Crippen molar-refractivity contribution in [2.75, 3.05) is 13.7 Å². The Labute approximate surface area is 124 Å². The van der Waals surface area contributed by atoms with Crippen LogP contribution in [0.15, 0.2) is 18.2 Å². The van der Waals surface area contributed by atoms with Gasteiger partial charge in [0.2, 0.25) is 0 Å². The van der Waals surface area contributed by atoms with E-state index in [-0.39, 0.29) is 5.56 Å². The predicted octanol–water partition coefficient (Wildman–Crippen LogP) is 2.46. The number of carboxylic acids is 1. The van der Waals surface area contributed by atoms with E-state index < -0.39 is 17.7 Å². The van der Waals surface area contributed by atoms with Gasteiger partial charge in [0.15, 0.2) is 0 Å². The number of carboxylic acid groups (broad SMARTS) is 1. The number of rotatable bonds is 5. The Kier molecular flexibility index (Phi) is 5.58. The van der Waals surface area contributed by atoms with Gasteiger partial charge in [-0.1, -0.05) is 0 Å². The number of hydrogen-bond acceptors (Lipinski definition) is 4. The third-order valence-electron chi connectivity index (χ3n) is 2.59. The molecule has 0 atom stereocenters. The quantitative estimate of drug-likeness (QED) is 0.871. The molecule has 0 bridgehead atoms. The zero-order valence-corrected chi connectivity index (χ0v) is 12.7. The van der Waals surface area contributed by atoms with Gasteiger partial charge in [-0.15, -0.1) is 0 Å². The van der Waals surface area contributed by atoms with E-state index in [9.17, 15) is 9.59 Å². The Morgan fingerprint density at radius 1 is 1.29 bits per heavy atom. The Bertz CT molecular complexity index is 519. The number of amides is 1. The summed E-state index contributed by atoms with van der Waals surface area (Å²) < 4.78 is 10.3. The first-order valence-corrected chi connectivity index (χ1v) is 6.60. The maximum atomic E-state index is 11.5. The number of nitrogens with one attached hydrogen (secondary N) is 1. The van der Waals surface area contributed by atoms with Crippen molar-refractivity contribution in [1.82, 2.24) is 5.32 Å². The van der Waals surface area contributed by atoms with Crippen molar-refractivity contribution < 1.29 is 24.2 Å². The standard InChI is InChI=1S/C15H21NO5/c1-15(2,3)21-14(19)16-8-7-10-9-11(13(17)18)5-6-12(10)20-4/h5-6,9H,7-8H2,1-4H3,(H,16,19)(H,17,18). The third-order valence-corrected chi connectivity index (χ3v) is 2.59. The van der Waals surface area contributed by atoms with Crippen LogP contribution in [0.4, 0.5) is 4.79 Å². The van der Waals surface area contributed by atoms with E-state index in [2.05, 4.69) is 5.32 Å². The number of alkyl carbamates (subject to hydrolysis) is 1. The van der Waals surface area contributed by atoms with E-state index in [4.69, 9.17) is 14.6 Å². The molecule has 21 heavy (non-hydrogen) atoms. The lowest BCUT2D eigenvalue weighted by Crippen LogP contribution is -2.33. The monoisotopic (exact) mass is 295 g/mol. The van der Waals surface area contributed by atoms with Crippen LogP contribution in [0, 0.1) is 0 Å². The molecule has 0 radical (unpaired) electrons. The Morgan fingerprint density at radius 3 is 2.48 bits per heavy atom. The van der Waals surface area contributed by atoms with Crippen LogP contribution in [0.2, 0.25) is 0 Å². The topological polar surface area (TPSA) is 84.9 Å². The van der Waals surface area contributed by atoms with Crippen molar-refractivity contribution in [3.8, 4) is 5.75 Å². The Balaban J connectivity index is 2.64. The van der Waals surface area contributed by atoms with Crippen molar-refractivity contribution in [1.29, 1.82) is 0 Å². The van der Waals surface area contributed by atoms with Crippen LogP contribution < -0.4 is 10.1 Å². The van der Waals surface area contributed by atoms with E-state index in [0.29, 0.717) is 24.3 Å². The van der Waals surface area contributed by atoms with Gasteiger partial charge in [-0.25, -0.2) is 9.59 Å². The number of hydrogen-bond donors (Lipinski definition) is 2. The molecule has 0 aromatic heterocycles. The summed E-state index contributed by atoms with van der Waals surface area (Å²) in [5.41, 5.74) is 0.349. The fraction of sp³-hybridized carbons (Fsp3) is 0.467. The van der Waals surface area contributed by atoms with Crippen LogP contribution in [0.25, 0.3) is 0 Å². The minimum atomic E-state index is -1.00. The molecule has 0 saturated carbocycles. The van der Waals surface area contributed by atoms with E-state index in [0.717, 1.165) is 0 Å². The summed E-state index contributed by atoms with van der Waals surface area (Å²) in [5, 5.41) is 11.6. The molecule has 0 saturated heterocycles. The molecule has 0 heterocycles. The van der Waals surface area contributed by atoms with Crippen LogP contribution in [0.1, 0.15) is 36.7 Å². The highest BCUT2D eigenvalue weighted by Crippen LogP contribution is 2.20. The van der Waals surface area contributed by atoms with Crippen molar-refractivity contribution >= 4 is 12.1 Å². The molecule has 6 heteroatoms. The first kappa shape index (κ1) is 16.8. The second-order valence-electron chi connectivity index (χ2n) is 5.51. The van der Waals surface area contributed by atoms with E-state index >= 15 is 0 Å². The summed E-state index contributed by atoms with van der Waals surface area (Å²) in [5.74, 6) is -0.412. The number of methoxy groups -OCH3 is 1. The summed E-state index contributed by atoms with van der Waals surface area (Å²) in [6, 6.07) is 4.62. The minimum absolute atomic E-state index is 0.183. The molecule has 1 amide bonds. The molecule has 0 spiro atoms. The third kappa shape index (κ3) is 5.72. The van der Waals surface area contributed by atoms with Crippen LogP contribution in [0.5, 0.6) is 5.75 Å². The van der Waals surface area contributed by atoms with Gasteiger partial charge in [-0.05, 0) is 51.0 Å². The normalized spacial score (nSPS) is 10.9. The molecule has 1 aromatic rings. The number of aromatic carboxylic acids is 1. The van der Waals surface area contributed by atoms with Crippen LogP contribution in [-0.2, 0) is 11.2 Å². The van der Waals surface area contributed by atoms with Crippen LogP contribution in [-0.4, -0.2) is 36.4 Å². The molecule has 6 nitrogen and oxygen atoms in total. The molecule has 1 rings (SSSR count). The zero-order chi connectivity index (χ0) is 16.0. The molecule has 0 aliphatic carbocycles. The van der Waals surface area contributed by atoms with Crippen molar-refractivity contribution in [3.05, 3.63) is 29.3 Å². The lowest BCUT2D eigenvalue weighted by Gasteiger charge is -2.19. The fourth-order valence-corrected chi connectivity index (χ4v) is 1.72. The zero-order valence-electron chi connectivity index (χ0n) is 12.7. The van der Waals surface area contributed by atoms with Gasteiger partial charge in [0.05, 0.1) is 12.7 Å². The van der Waals surface area contributed by atoms with Crippen molar-refractivity contribution in [2.45, 2.75) is 32.8 Å². The first-order valence-electron chi connectivity index (χ1n) is 6.60. The van der Waals surface area contributed by atoms with Gasteiger partial charge in [-0.2, -0.15) is 0 Å². The second-order valence-corrected chi connectivity index (χ2v) is 5.51. The summed E-state index contributed by atoms with van der Waals surface area (Å²) in [4.78, 5) is 22.5. The average Bonchev–Trinajstić information content (AvgIpc) is 2.36. The maximum absolute atomic E-state index is 11.5. The van der Waals surface area contributed by atoms with Gasteiger partial charge in [0.1, 0.15) is 11.4 Å². The highest BCUT2D eigenvalue weighted by molar-refractivity contribution is 5.88. The molecule has 0 unspecified atom stereocenters. The summed E-state index contributed by atoms with van der Waals surface area (Å²) in [6.07, 6.45) is -0.0559. The molecular weight excluding hydrogens is 274 g/mol. The Morgan fingerprint density at radius 2 is 1.95 bits per heavy atom. The van der Waals surface area contributed by atoms with Crippen LogP contribution in [0.3, 0.4) is 0 Å². The van der Waals surface area contributed by atoms with E-state index in [1.807, 2.05) is 0 Å². The molecular formula is C15H21NO5. The summed E-state index contributed by atoms with van der Waals surface area (Å²) >= 11 is 0. The maximum Gasteiger partial charge on any atom is 0.407 e. The van der Waals surface area contributed by atoms with Gasteiger partial charge >= 0.3 is 12.1 Å². The lowest BCUT2D eigenvalue weighted by atomic mass is 10.1. The molecule has 1 aromatic carbocycles. The van der Waals surface area contributed by atoms with Gasteiger partial charge in [0.25, 0.3) is 0 Å². The number of ether oxygens (including phenoxy) is 2. The van der Waals surface area contributed by atoms with Crippen LogP contribution >= 0.6 is 0 Å².